The van der Waals surface area contributed by atoms with Gasteiger partial charge in [0.25, 0.3) is 0 Å². The molecule has 1 saturated heterocycles. The van der Waals surface area contributed by atoms with Crippen molar-refractivity contribution in [3.63, 3.8) is 0 Å². The zero-order valence-electron chi connectivity index (χ0n) is 15.9. The fourth-order valence-electron chi connectivity index (χ4n) is 3.43. The number of nitrogens with one attached hydrogen (secondary N) is 1. The van der Waals surface area contributed by atoms with Gasteiger partial charge in [-0.15, -0.1) is 0 Å². The molecule has 1 aromatic carbocycles. The number of carbonyl (C=O) groups is 1. The normalized spacial score (nSPS) is 17.4. The summed E-state index contributed by atoms with van der Waals surface area (Å²) in [7, 11) is 1.58. The number of aromatic nitrogens is 3. The van der Waals surface area contributed by atoms with Crippen LogP contribution in [0.4, 0.5) is 10.2 Å². The van der Waals surface area contributed by atoms with E-state index in [-0.39, 0.29) is 17.5 Å². The maximum atomic E-state index is 14.3. The number of nitrogen functional groups attached to an aromatic ring is 1. The van der Waals surface area contributed by atoms with Crippen molar-refractivity contribution in [3.8, 4) is 11.3 Å². The van der Waals surface area contributed by atoms with Crippen LogP contribution in [0.5, 0.6) is 0 Å². The molecule has 0 spiro atoms. The summed E-state index contributed by atoms with van der Waals surface area (Å²) >= 11 is 0. The van der Waals surface area contributed by atoms with E-state index in [9.17, 15) is 9.18 Å². The number of pyridine rings is 1. The van der Waals surface area contributed by atoms with E-state index in [1.807, 2.05) is 6.07 Å². The van der Waals surface area contributed by atoms with Crippen LogP contribution in [0.1, 0.15) is 5.56 Å². The number of nitrogens with two attached hydrogens (primary N) is 1. The number of hydrogen-bond acceptors (Lipinski definition) is 7. The standard InChI is InChI=1S/C20H21FN6O2/c1-23-20(28)17-10-27(4-5-29-17)9-12-6-13(8-14(21)7-12)15-2-3-16-18(26-15)19(22)25-11-24-16/h2-3,6-8,11,17H,4-5,9-10H2,1H3,(H,23,28)(H2,22,24,25). The topological polar surface area (TPSA) is 106 Å². The Morgan fingerprint density at radius 2 is 2.21 bits per heavy atom. The van der Waals surface area contributed by atoms with Gasteiger partial charge in [0, 0.05) is 32.2 Å². The molecule has 1 fully saturated rings. The first-order valence-corrected chi connectivity index (χ1v) is 9.26. The number of amides is 1. The Morgan fingerprint density at radius 3 is 3.03 bits per heavy atom. The Hall–Kier alpha value is -3.17. The SMILES string of the molecule is CNC(=O)C1CN(Cc2cc(F)cc(-c3ccc4ncnc(N)c4n3)c2)CCO1. The van der Waals surface area contributed by atoms with Crippen molar-refractivity contribution >= 4 is 22.8 Å². The molecule has 0 radical (unpaired) electrons. The molecule has 3 N–H and O–H groups in total. The largest absolute Gasteiger partial charge is 0.382 e. The molecule has 0 bridgehead atoms. The molecule has 1 aliphatic heterocycles. The van der Waals surface area contributed by atoms with Gasteiger partial charge in [0.2, 0.25) is 5.91 Å². The minimum atomic E-state index is -0.521. The molecule has 4 rings (SSSR count). The molecule has 8 nitrogen and oxygen atoms in total. The number of hydrogen-bond donors (Lipinski definition) is 2. The molecular weight excluding hydrogens is 375 g/mol. The van der Waals surface area contributed by atoms with Gasteiger partial charge in [-0.2, -0.15) is 0 Å². The molecule has 1 unspecified atom stereocenters. The average molecular weight is 396 g/mol. The van der Waals surface area contributed by atoms with E-state index in [1.165, 1.54) is 18.5 Å². The third kappa shape index (κ3) is 4.15. The van der Waals surface area contributed by atoms with Crippen molar-refractivity contribution in [3.05, 3.63) is 48.0 Å². The predicted octanol–water partition coefficient (Wildman–Crippen LogP) is 1.36. The van der Waals surface area contributed by atoms with Crippen molar-refractivity contribution in [2.24, 2.45) is 0 Å². The lowest BCUT2D eigenvalue weighted by atomic mass is 10.1. The number of likely N-dealkylation sites (N-methyl/N-ethyl adjacent to an activating group) is 1. The number of ether oxygens (including phenoxy) is 1. The maximum Gasteiger partial charge on any atom is 0.250 e. The molecule has 1 aliphatic rings. The molecule has 2 aromatic heterocycles. The van der Waals surface area contributed by atoms with Crippen LogP contribution >= 0.6 is 0 Å². The maximum absolute atomic E-state index is 14.3. The highest BCUT2D eigenvalue weighted by Crippen LogP contribution is 2.25. The third-order valence-corrected chi connectivity index (χ3v) is 4.86. The summed E-state index contributed by atoms with van der Waals surface area (Å²) in [5, 5.41) is 2.60. The number of rotatable bonds is 4. The van der Waals surface area contributed by atoms with E-state index in [4.69, 9.17) is 10.5 Å². The quantitative estimate of drug-likeness (QED) is 0.686. The average Bonchev–Trinajstić information content (AvgIpc) is 2.73. The Labute approximate surface area is 166 Å². The summed E-state index contributed by atoms with van der Waals surface area (Å²) in [6, 6.07) is 8.39. The van der Waals surface area contributed by atoms with Crippen LogP contribution in [0, 0.1) is 5.82 Å². The Balaban J connectivity index is 1.60. The molecule has 1 amide bonds. The van der Waals surface area contributed by atoms with Gasteiger partial charge in [0.15, 0.2) is 5.82 Å². The zero-order valence-corrected chi connectivity index (χ0v) is 15.9. The lowest BCUT2D eigenvalue weighted by molar-refractivity contribution is -0.138. The molecule has 29 heavy (non-hydrogen) atoms. The Kier molecular flexibility index (Phi) is 5.32. The van der Waals surface area contributed by atoms with Crippen LogP contribution in [-0.4, -0.2) is 58.6 Å². The first-order chi connectivity index (χ1) is 14.0. The zero-order chi connectivity index (χ0) is 20.4. The second kappa shape index (κ2) is 8.06. The molecule has 150 valence electrons. The van der Waals surface area contributed by atoms with Crippen molar-refractivity contribution < 1.29 is 13.9 Å². The summed E-state index contributed by atoms with van der Waals surface area (Å²) in [4.78, 5) is 26.5. The fraction of sp³-hybridized carbons (Fsp3) is 0.300. The number of anilines is 1. The van der Waals surface area contributed by atoms with E-state index in [2.05, 4.69) is 25.2 Å². The van der Waals surface area contributed by atoms with Gasteiger partial charge in [-0.1, -0.05) is 0 Å². The van der Waals surface area contributed by atoms with Gasteiger partial charge in [0.05, 0.1) is 17.8 Å². The van der Waals surface area contributed by atoms with Crippen LogP contribution in [0.15, 0.2) is 36.7 Å². The molecule has 3 aromatic rings. The minimum Gasteiger partial charge on any atom is -0.382 e. The monoisotopic (exact) mass is 396 g/mol. The molecule has 0 saturated carbocycles. The molecule has 1 atom stereocenters. The smallest absolute Gasteiger partial charge is 0.250 e. The Morgan fingerprint density at radius 1 is 1.34 bits per heavy atom. The van der Waals surface area contributed by atoms with Gasteiger partial charge >= 0.3 is 0 Å². The molecule has 0 aliphatic carbocycles. The highest BCUT2D eigenvalue weighted by atomic mass is 19.1. The van der Waals surface area contributed by atoms with Crippen LogP contribution < -0.4 is 11.1 Å². The van der Waals surface area contributed by atoms with E-state index >= 15 is 0 Å². The summed E-state index contributed by atoms with van der Waals surface area (Å²) in [6.07, 6.45) is 0.861. The summed E-state index contributed by atoms with van der Waals surface area (Å²) < 4.78 is 19.8. The van der Waals surface area contributed by atoms with Crippen molar-refractivity contribution in [1.82, 2.24) is 25.2 Å². The van der Waals surface area contributed by atoms with Crippen molar-refractivity contribution in [2.45, 2.75) is 12.6 Å². The molecule has 9 heteroatoms. The van der Waals surface area contributed by atoms with Gasteiger partial charge < -0.3 is 15.8 Å². The third-order valence-electron chi connectivity index (χ3n) is 4.86. The highest BCUT2D eigenvalue weighted by Gasteiger charge is 2.26. The van der Waals surface area contributed by atoms with Crippen LogP contribution in [0.2, 0.25) is 0 Å². The predicted molar refractivity (Wildman–Crippen MR) is 106 cm³/mol. The van der Waals surface area contributed by atoms with E-state index < -0.39 is 6.10 Å². The fourth-order valence-corrected chi connectivity index (χ4v) is 3.43. The highest BCUT2D eigenvalue weighted by molar-refractivity contribution is 5.85. The molecule has 3 heterocycles. The Bertz CT molecular complexity index is 1060. The first kappa shape index (κ1) is 19.2. The number of fused-ring (bicyclic) bond motifs is 1. The minimum absolute atomic E-state index is 0.158. The number of carbonyl (C=O) groups excluding carboxylic acids is 1. The van der Waals surface area contributed by atoms with Crippen molar-refractivity contribution in [1.29, 1.82) is 0 Å². The molecular formula is C20H21FN6O2. The van der Waals surface area contributed by atoms with Gasteiger partial charge in [-0.3, -0.25) is 9.69 Å². The van der Waals surface area contributed by atoms with Crippen molar-refractivity contribution in [2.75, 3.05) is 32.5 Å². The second-order valence-electron chi connectivity index (χ2n) is 6.88. The summed E-state index contributed by atoms with van der Waals surface area (Å²) in [5.74, 6) is -0.232. The number of halogens is 1. The number of benzene rings is 1. The number of morpholine rings is 1. The van der Waals surface area contributed by atoms with Crippen LogP contribution in [0.25, 0.3) is 22.3 Å². The lowest BCUT2D eigenvalue weighted by Crippen LogP contribution is -2.48. The number of nitrogens with zero attached hydrogens (tertiary/aromatic N) is 4. The summed E-state index contributed by atoms with van der Waals surface area (Å²) in [5.41, 5.74) is 9.03. The van der Waals surface area contributed by atoms with E-state index in [0.717, 1.165) is 5.56 Å². The second-order valence-corrected chi connectivity index (χ2v) is 6.88. The van der Waals surface area contributed by atoms with E-state index in [0.29, 0.717) is 48.5 Å². The van der Waals surface area contributed by atoms with E-state index in [1.54, 1.807) is 19.2 Å². The van der Waals surface area contributed by atoms with Gasteiger partial charge in [0.1, 0.15) is 23.8 Å². The van der Waals surface area contributed by atoms with Gasteiger partial charge in [-0.05, 0) is 35.9 Å². The summed E-state index contributed by atoms with van der Waals surface area (Å²) in [6.45, 7) is 2.07. The first-order valence-electron chi connectivity index (χ1n) is 9.26. The lowest BCUT2D eigenvalue weighted by Gasteiger charge is -2.32. The van der Waals surface area contributed by atoms with Gasteiger partial charge in [-0.25, -0.2) is 19.3 Å². The van der Waals surface area contributed by atoms with Crippen LogP contribution in [-0.2, 0) is 16.1 Å². The van der Waals surface area contributed by atoms with Crippen LogP contribution in [0.3, 0.4) is 0 Å².